The molecular weight excluding hydrogens is 202 g/mol. The molecule has 0 aliphatic rings. The van der Waals surface area contributed by atoms with E-state index >= 15 is 0 Å². The van der Waals surface area contributed by atoms with Crippen molar-refractivity contribution < 1.29 is 4.42 Å². The van der Waals surface area contributed by atoms with E-state index in [0.29, 0.717) is 0 Å². The minimum atomic E-state index is 0.829. The summed E-state index contributed by atoms with van der Waals surface area (Å²) in [5.41, 5.74) is 1.83. The van der Waals surface area contributed by atoms with Crippen LogP contribution >= 0.6 is 0 Å². The predicted molar refractivity (Wildman–Crippen MR) is 57.9 cm³/mol. The van der Waals surface area contributed by atoms with Gasteiger partial charge < -0.3 is 4.42 Å². The van der Waals surface area contributed by atoms with Gasteiger partial charge in [-0.25, -0.2) is 9.67 Å². The Labute approximate surface area is 92.2 Å². The number of rotatable bonds is 2. The minimum Gasteiger partial charge on any atom is -0.464 e. The van der Waals surface area contributed by atoms with E-state index in [4.69, 9.17) is 4.42 Å². The van der Waals surface area contributed by atoms with Gasteiger partial charge in [0.05, 0.1) is 12.0 Å². The summed E-state index contributed by atoms with van der Waals surface area (Å²) in [7, 11) is 0. The SMILES string of the molecule is [c]1ccc(-c2ccco2)cc1-n1cncn1. The fraction of sp³-hybridized carbons (Fsp3) is 0. The van der Waals surface area contributed by atoms with Crippen molar-refractivity contribution in [3.05, 3.63) is 55.3 Å². The third-order valence-electron chi connectivity index (χ3n) is 2.26. The van der Waals surface area contributed by atoms with Gasteiger partial charge in [-0.1, -0.05) is 12.1 Å². The van der Waals surface area contributed by atoms with E-state index in [1.807, 2.05) is 30.3 Å². The molecule has 3 rings (SSSR count). The van der Waals surface area contributed by atoms with Gasteiger partial charge in [0.15, 0.2) is 0 Å². The minimum absolute atomic E-state index is 0.829. The number of benzene rings is 1. The van der Waals surface area contributed by atoms with E-state index in [0.717, 1.165) is 17.0 Å². The van der Waals surface area contributed by atoms with Crippen LogP contribution in [0.2, 0.25) is 0 Å². The third-order valence-corrected chi connectivity index (χ3v) is 2.26. The average molecular weight is 210 g/mol. The van der Waals surface area contributed by atoms with Crippen molar-refractivity contribution in [2.75, 3.05) is 0 Å². The molecule has 0 N–H and O–H groups in total. The summed E-state index contributed by atoms with van der Waals surface area (Å²) in [6, 6.07) is 12.6. The number of hydrogen-bond acceptors (Lipinski definition) is 3. The molecule has 4 heteroatoms. The number of aromatic nitrogens is 3. The Morgan fingerprint density at radius 2 is 2.31 bits per heavy atom. The van der Waals surface area contributed by atoms with Crippen LogP contribution in [0.5, 0.6) is 0 Å². The van der Waals surface area contributed by atoms with E-state index in [2.05, 4.69) is 16.1 Å². The molecule has 2 aromatic heterocycles. The van der Waals surface area contributed by atoms with Gasteiger partial charge in [-0.05, 0) is 18.2 Å². The van der Waals surface area contributed by atoms with Crippen LogP contribution in [0.15, 0.2) is 53.7 Å². The predicted octanol–water partition coefficient (Wildman–Crippen LogP) is 2.33. The highest BCUT2D eigenvalue weighted by molar-refractivity contribution is 5.60. The van der Waals surface area contributed by atoms with E-state index < -0.39 is 0 Å². The second-order valence-electron chi connectivity index (χ2n) is 3.28. The standard InChI is InChI=1S/C12H8N3O/c1-3-10(12-5-2-6-16-12)7-11(4-1)15-9-13-8-14-15/h1-3,5-9H. The van der Waals surface area contributed by atoms with Gasteiger partial charge in [-0.2, -0.15) is 5.10 Å². The molecule has 0 fully saturated rings. The molecule has 2 heterocycles. The van der Waals surface area contributed by atoms with Crippen molar-refractivity contribution in [2.24, 2.45) is 0 Å². The Morgan fingerprint density at radius 1 is 1.31 bits per heavy atom. The molecule has 0 aliphatic heterocycles. The Kier molecular flexibility index (Phi) is 2.04. The Morgan fingerprint density at radius 3 is 3.06 bits per heavy atom. The van der Waals surface area contributed by atoms with Crippen molar-refractivity contribution in [3.8, 4) is 17.0 Å². The van der Waals surface area contributed by atoms with Crippen molar-refractivity contribution in [1.29, 1.82) is 0 Å². The lowest BCUT2D eigenvalue weighted by Gasteiger charge is -2.01. The molecule has 0 atom stereocenters. The van der Waals surface area contributed by atoms with E-state index in [1.54, 1.807) is 17.3 Å². The second-order valence-corrected chi connectivity index (χ2v) is 3.28. The van der Waals surface area contributed by atoms with Crippen LogP contribution in [0.3, 0.4) is 0 Å². The lowest BCUT2D eigenvalue weighted by Crippen LogP contribution is -1.94. The van der Waals surface area contributed by atoms with Gasteiger partial charge in [-0.3, -0.25) is 0 Å². The zero-order valence-corrected chi connectivity index (χ0v) is 8.37. The summed E-state index contributed by atoms with van der Waals surface area (Å²) in [6.45, 7) is 0. The van der Waals surface area contributed by atoms with Crippen molar-refractivity contribution in [1.82, 2.24) is 14.8 Å². The summed E-state index contributed by atoms with van der Waals surface area (Å²) in [5.74, 6) is 0.829. The molecule has 1 radical (unpaired) electrons. The fourth-order valence-electron chi connectivity index (χ4n) is 1.51. The second kappa shape index (κ2) is 3.66. The van der Waals surface area contributed by atoms with Crippen LogP contribution in [0.4, 0.5) is 0 Å². The van der Waals surface area contributed by atoms with E-state index in [9.17, 15) is 0 Å². The summed E-state index contributed by atoms with van der Waals surface area (Å²) in [6.07, 6.45) is 4.78. The van der Waals surface area contributed by atoms with Gasteiger partial charge >= 0.3 is 0 Å². The van der Waals surface area contributed by atoms with Crippen molar-refractivity contribution >= 4 is 0 Å². The molecule has 0 bridgehead atoms. The normalized spacial score (nSPS) is 10.5. The fourth-order valence-corrected chi connectivity index (χ4v) is 1.51. The highest BCUT2D eigenvalue weighted by atomic mass is 16.3. The molecule has 0 saturated carbocycles. The van der Waals surface area contributed by atoms with Crippen molar-refractivity contribution in [3.63, 3.8) is 0 Å². The number of hydrogen-bond donors (Lipinski definition) is 0. The molecule has 0 amide bonds. The van der Waals surface area contributed by atoms with Gasteiger partial charge in [0.2, 0.25) is 0 Å². The highest BCUT2D eigenvalue weighted by Crippen LogP contribution is 2.21. The maximum atomic E-state index is 5.33. The van der Waals surface area contributed by atoms with E-state index in [-0.39, 0.29) is 0 Å². The number of furan rings is 1. The molecule has 0 aliphatic carbocycles. The Bertz CT molecular complexity index is 521. The van der Waals surface area contributed by atoms with Gasteiger partial charge in [-0.15, -0.1) is 0 Å². The quantitative estimate of drug-likeness (QED) is 0.652. The summed E-state index contributed by atoms with van der Waals surface area (Å²) in [4.78, 5) is 3.90. The molecule has 16 heavy (non-hydrogen) atoms. The van der Waals surface area contributed by atoms with Gasteiger partial charge in [0.25, 0.3) is 0 Å². The maximum absolute atomic E-state index is 5.33. The maximum Gasteiger partial charge on any atom is 0.138 e. The highest BCUT2D eigenvalue weighted by Gasteiger charge is 2.03. The molecule has 1 aromatic carbocycles. The first-order chi connectivity index (χ1) is 7.93. The zero-order valence-electron chi connectivity index (χ0n) is 8.37. The summed E-state index contributed by atoms with van der Waals surface area (Å²) in [5, 5.41) is 4.05. The third kappa shape index (κ3) is 1.50. The monoisotopic (exact) mass is 210 g/mol. The van der Waals surface area contributed by atoms with Crippen LogP contribution in [-0.4, -0.2) is 14.8 Å². The molecule has 0 saturated heterocycles. The Balaban J connectivity index is 2.07. The smallest absolute Gasteiger partial charge is 0.138 e. The first-order valence-electron chi connectivity index (χ1n) is 4.84. The lowest BCUT2D eigenvalue weighted by molar-refractivity contribution is 0.582. The first kappa shape index (κ1) is 8.91. The number of nitrogens with zero attached hydrogens (tertiary/aromatic N) is 3. The molecular formula is C12H8N3O. The Hall–Kier alpha value is -2.36. The molecule has 0 unspecified atom stereocenters. The van der Waals surface area contributed by atoms with Gasteiger partial charge in [0, 0.05) is 11.6 Å². The van der Waals surface area contributed by atoms with Crippen LogP contribution in [-0.2, 0) is 0 Å². The summed E-state index contributed by atoms with van der Waals surface area (Å²) < 4.78 is 6.99. The topological polar surface area (TPSA) is 43.9 Å². The van der Waals surface area contributed by atoms with Crippen LogP contribution in [0, 0.1) is 6.07 Å². The van der Waals surface area contributed by atoms with Crippen LogP contribution in [0.25, 0.3) is 17.0 Å². The van der Waals surface area contributed by atoms with Crippen LogP contribution < -0.4 is 0 Å². The lowest BCUT2D eigenvalue weighted by atomic mass is 10.1. The molecule has 3 aromatic rings. The molecule has 4 nitrogen and oxygen atoms in total. The van der Waals surface area contributed by atoms with Crippen LogP contribution in [0.1, 0.15) is 0 Å². The largest absolute Gasteiger partial charge is 0.464 e. The summed E-state index contributed by atoms with van der Waals surface area (Å²) >= 11 is 0. The van der Waals surface area contributed by atoms with Crippen molar-refractivity contribution in [2.45, 2.75) is 0 Å². The average Bonchev–Trinajstić information content (AvgIpc) is 3.03. The molecule has 77 valence electrons. The van der Waals surface area contributed by atoms with E-state index in [1.165, 1.54) is 6.33 Å². The first-order valence-corrected chi connectivity index (χ1v) is 4.84. The zero-order chi connectivity index (χ0) is 10.8. The van der Waals surface area contributed by atoms with Gasteiger partial charge in [0.1, 0.15) is 18.4 Å². The molecule has 0 spiro atoms.